The van der Waals surface area contributed by atoms with Gasteiger partial charge in [0.2, 0.25) is 5.91 Å². The number of hydrogen-bond donors (Lipinski definition) is 2. The van der Waals surface area contributed by atoms with Gasteiger partial charge in [0.05, 0.1) is 29.3 Å². The number of para-hydroxylation sites is 1. The molecule has 1 amide bonds. The summed E-state index contributed by atoms with van der Waals surface area (Å²) in [4.78, 5) is 43.0. The second kappa shape index (κ2) is 8.66. The molecule has 2 N–H and O–H groups in total. The molecule has 0 saturated carbocycles. The minimum atomic E-state index is -0.536. The maximum atomic E-state index is 12.5. The van der Waals surface area contributed by atoms with Crippen molar-refractivity contribution < 1.29 is 14.3 Å². The van der Waals surface area contributed by atoms with Gasteiger partial charge in [0, 0.05) is 6.07 Å². The molecule has 0 aliphatic rings. The number of carbonyl (C=O) groups excluding carboxylic acids is 2. The zero-order chi connectivity index (χ0) is 19.3. The van der Waals surface area contributed by atoms with Crippen LogP contribution >= 0.6 is 11.8 Å². The summed E-state index contributed by atoms with van der Waals surface area (Å²) in [6.07, 6.45) is 0. The van der Waals surface area contributed by atoms with Crippen LogP contribution in [0.3, 0.4) is 0 Å². The van der Waals surface area contributed by atoms with Crippen LogP contribution in [-0.4, -0.2) is 34.2 Å². The first kappa shape index (κ1) is 19.7. The number of nitrogens with one attached hydrogen (secondary N) is 2. The van der Waals surface area contributed by atoms with Gasteiger partial charge in [0.15, 0.2) is 5.16 Å². The summed E-state index contributed by atoms with van der Waals surface area (Å²) in [7, 11) is 1.28. The third-order valence-corrected chi connectivity index (χ3v) is 4.56. The quantitative estimate of drug-likeness (QED) is 0.457. The van der Waals surface area contributed by atoms with E-state index in [9.17, 15) is 14.4 Å². The van der Waals surface area contributed by atoms with Crippen molar-refractivity contribution in [3.63, 3.8) is 0 Å². The van der Waals surface area contributed by atoms with Crippen LogP contribution in [0.15, 0.2) is 40.3 Å². The Balaban J connectivity index is 2.14. The standard InChI is InChI=1S/C18H21N3O4S/c1-10(2)14-9-15(22)21-18(20-14)26-11(3)16(23)19-13-8-6-5-7-12(13)17(24)25-4/h5-11H,1-4H3,(H,19,23)(H,20,21,22). The Hall–Kier alpha value is -2.61. The molecular weight excluding hydrogens is 354 g/mol. The molecule has 8 heteroatoms. The van der Waals surface area contributed by atoms with Crippen molar-refractivity contribution >= 4 is 29.3 Å². The lowest BCUT2D eigenvalue weighted by Crippen LogP contribution is -2.24. The number of benzene rings is 1. The van der Waals surface area contributed by atoms with E-state index in [1.54, 1.807) is 31.2 Å². The smallest absolute Gasteiger partial charge is 0.339 e. The van der Waals surface area contributed by atoms with Gasteiger partial charge in [-0.3, -0.25) is 9.59 Å². The molecule has 1 unspecified atom stereocenters. The maximum absolute atomic E-state index is 12.5. The van der Waals surface area contributed by atoms with E-state index in [2.05, 4.69) is 15.3 Å². The molecule has 0 radical (unpaired) electrons. The van der Waals surface area contributed by atoms with Crippen LogP contribution in [0.4, 0.5) is 5.69 Å². The minimum absolute atomic E-state index is 0.104. The number of methoxy groups -OCH3 is 1. The van der Waals surface area contributed by atoms with Gasteiger partial charge >= 0.3 is 5.97 Å². The van der Waals surface area contributed by atoms with Crippen molar-refractivity contribution in [2.45, 2.75) is 37.1 Å². The summed E-state index contributed by atoms with van der Waals surface area (Å²) in [6.45, 7) is 5.58. The average Bonchev–Trinajstić information content (AvgIpc) is 2.60. The molecule has 0 aliphatic heterocycles. The van der Waals surface area contributed by atoms with E-state index in [4.69, 9.17) is 4.74 Å². The fourth-order valence-electron chi connectivity index (χ4n) is 2.14. The first-order chi connectivity index (χ1) is 12.3. The molecule has 138 valence electrons. The molecule has 0 spiro atoms. The summed E-state index contributed by atoms with van der Waals surface area (Å²) in [5, 5.41) is 2.56. The van der Waals surface area contributed by atoms with Crippen LogP contribution in [0.1, 0.15) is 42.7 Å². The van der Waals surface area contributed by atoms with Gasteiger partial charge in [0.25, 0.3) is 5.56 Å². The number of H-pyrrole nitrogens is 1. The van der Waals surface area contributed by atoms with E-state index in [1.165, 1.54) is 13.2 Å². The number of esters is 1. The van der Waals surface area contributed by atoms with Crippen molar-refractivity contribution in [3.8, 4) is 0 Å². The van der Waals surface area contributed by atoms with Crippen molar-refractivity contribution in [1.82, 2.24) is 9.97 Å². The van der Waals surface area contributed by atoms with Crippen molar-refractivity contribution in [2.75, 3.05) is 12.4 Å². The molecule has 7 nitrogen and oxygen atoms in total. The van der Waals surface area contributed by atoms with Gasteiger partial charge in [0.1, 0.15) is 0 Å². The average molecular weight is 375 g/mol. The molecule has 1 atom stereocenters. The topological polar surface area (TPSA) is 101 Å². The lowest BCUT2D eigenvalue weighted by atomic mass is 10.1. The number of ether oxygens (including phenoxy) is 1. The highest BCUT2D eigenvalue weighted by molar-refractivity contribution is 8.00. The van der Waals surface area contributed by atoms with E-state index in [1.807, 2.05) is 13.8 Å². The van der Waals surface area contributed by atoms with Gasteiger partial charge in [-0.05, 0) is 25.0 Å². The van der Waals surface area contributed by atoms with E-state index in [-0.39, 0.29) is 22.9 Å². The van der Waals surface area contributed by atoms with Crippen LogP contribution in [0, 0.1) is 0 Å². The Morgan fingerprint density at radius 3 is 2.58 bits per heavy atom. The molecule has 1 aromatic heterocycles. The van der Waals surface area contributed by atoms with Gasteiger partial charge in [-0.2, -0.15) is 0 Å². The SMILES string of the molecule is COC(=O)c1ccccc1NC(=O)C(C)Sc1nc(C(C)C)cc(=O)[nH]1. The van der Waals surface area contributed by atoms with Crippen molar-refractivity contribution in [2.24, 2.45) is 0 Å². The zero-order valence-corrected chi connectivity index (χ0v) is 15.8. The summed E-state index contributed by atoms with van der Waals surface area (Å²) >= 11 is 1.14. The zero-order valence-electron chi connectivity index (χ0n) is 15.0. The molecule has 1 heterocycles. The monoisotopic (exact) mass is 375 g/mol. The number of hydrogen-bond acceptors (Lipinski definition) is 6. The molecule has 1 aromatic carbocycles. The van der Waals surface area contributed by atoms with Crippen molar-refractivity contribution in [3.05, 3.63) is 51.9 Å². The van der Waals surface area contributed by atoms with E-state index in [0.29, 0.717) is 16.5 Å². The van der Waals surface area contributed by atoms with Gasteiger partial charge in [-0.1, -0.05) is 37.7 Å². The number of anilines is 1. The highest BCUT2D eigenvalue weighted by Gasteiger charge is 2.19. The first-order valence-electron chi connectivity index (χ1n) is 8.08. The summed E-state index contributed by atoms with van der Waals surface area (Å²) in [5.41, 5.74) is 1.05. The predicted octanol–water partition coefficient (Wildman–Crippen LogP) is 2.80. The molecule has 0 fully saturated rings. The molecule has 2 rings (SSSR count). The van der Waals surface area contributed by atoms with Crippen molar-refractivity contribution in [1.29, 1.82) is 0 Å². The highest BCUT2D eigenvalue weighted by Crippen LogP contribution is 2.23. The summed E-state index contributed by atoms with van der Waals surface area (Å²) in [5.74, 6) is -0.742. The third-order valence-electron chi connectivity index (χ3n) is 3.58. The Kier molecular flexibility index (Phi) is 6.57. The minimum Gasteiger partial charge on any atom is -0.465 e. The second-order valence-corrected chi connectivity index (χ2v) is 7.25. The number of amides is 1. The van der Waals surface area contributed by atoms with Crippen LogP contribution in [0.5, 0.6) is 0 Å². The van der Waals surface area contributed by atoms with Gasteiger partial charge in [-0.15, -0.1) is 0 Å². The van der Waals surface area contributed by atoms with E-state index in [0.717, 1.165) is 11.8 Å². The van der Waals surface area contributed by atoms with Crippen LogP contribution < -0.4 is 10.9 Å². The Morgan fingerprint density at radius 1 is 1.23 bits per heavy atom. The maximum Gasteiger partial charge on any atom is 0.339 e. The van der Waals surface area contributed by atoms with Gasteiger partial charge in [-0.25, -0.2) is 9.78 Å². The third kappa shape index (κ3) is 4.95. The number of aromatic amines is 1. The van der Waals surface area contributed by atoms with E-state index >= 15 is 0 Å². The van der Waals surface area contributed by atoms with Gasteiger partial charge < -0.3 is 15.0 Å². The number of nitrogens with zero attached hydrogens (tertiary/aromatic N) is 1. The lowest BCUT2D eigenvalue weighted by molar-refractivity contribution is -0.115. The normalized spacial score (nSPS) is 11.9. The Labute approximate surface area is 155 Å². The molecular formula is C18H21N3O4S. The molecule has 2 aromatic rings. The summed E-state index contributed by atoms with van der Waals surface area (Å²) < 4.78 is 4.72. The highest BCUT2D eigenvalue weighted by atomic mass is 32.2. The fraction of sp³-hybridized carbons (Fsp3) is 0.333. The van der Waals surface area contributed by atoms with Crippen LogP contribution in [0.25, 0.3) is 0 Å². The van der Waals surface area contributed by atoms with Crippen LogP contribution in [-0.2, 0) is 9.53 Å². The number of thioether (sulfide) groups is 1. The second-order valence-electron chi connectivity index (χ2n) is 5.92. The molecule has 0 aliphatic carbocycles. The molecule has 0 saturated heterocycles. The van der Waals surface area contributed by atoms with Crippen LogP contribution in [0.2, 0.25) is 0 Å². The largest absolute Gasteiger partial charge is 0.465 e. The number of aromatic nitrogens is 2. The fourth-order valence-corrected chi connectivity index (χ4v) is 2.96. The number of rotatable bonds is 6. The lowest BCUT2D eigenvalue weighted by Gasteiger charge is -2.14. The Bertz CT molecular complexity index is 864. The number of carbonyl (C=O) groups is 2. The first-order valence-corrected chi connectivity index (χ1v) is 8.96. The summed E-state index contributed by atoms with van der Waals surface area (Å²) in [6, 6.07) is 8.05. The van der Waals surface area contributed by atoms with E-state index < -0.39 is 11.2 Å². The predicted molar refractivity (Wildman–Crippen MR) is 101 cm³/mol. The Morgan fingerprint density at radius 2 is 1.92 bits per heavy atom. The molecule has 0 bridgehead atoms. The molecule has 26 heavy (non-hydrogen) atoms.